The highest BCUT2D eigenvalue weighted by atomic mass is 16.5. The zero-order chi connectivity index (χ0) is 35.1. The molecule has 9 atom stereocenters. The maximum atomic E-state index is 13.8. The number of rotatable bonds is 9. The lowest BCUT2D eigenvalue weighted by Crippen LogP contribution is -2.66. The molecule has 5 aliphatic carbocycles. The molecule has 4 fully saturated rings. The lowest BCUT2D eigenvalue weighted by molar-refractivity contribution is -0.235. The standard InChI is InChI=1S/C40H65NO6/c1-23(2)32-26(42)20-40(29(43)22-41-24(3)4)19-18-38(10)25(33(32)40)12-13-28-37(9)16-15-30(47-31(44)21-35(5,6)34(45)46)36(7,8)27(37)14-17-39(28,38)11/h23-25,27-30,41,43H,12-22H2,1-11H3,(H,45,46)/t25-,27+,28-,29-,30+,37+,38-,39-,40+/m1/s1. The average molecular weight is 656 g/mol. The number of allylic oxidation sites excluding steroid dienone is 1. The van der Waals surface area contributed by atoms with Gasteiger partial charge in [-0.25, -0.2) is 0 Å². The van der Waals surface area contributed by atoms with Crippen molar-refractivity contribution >= 4 is 17.7 Å². The monoisotopic (exact) mass is 655 g/mol. The molecular weight excluding hydrogens is 590 g/mol. The fourth-order valence-corrected chi connectivity index (χ4v) is 12.5. The van der Waals surface area contributed by atoms with Crippen LogP contribution in [0.4, 0.5) is 0 Å². The molecule has 266 valence electrons. The summed E-state index contributed by atoms with van der Waals surface area (Å²) in [6.07, 6.45) is 7.50. The number of aliphatic hydroxyl groups excluding tert-OH is 1. The lowest BCUT2D eigenvalue weighted by Gasteiger charge is -2.72. The summed E-state index contributed by atoms with van der Waals surface area (Å²) in [7, 11) is 0. The predicted octanol–water partition coefficient (Wildman–Crippen LogP) is 7.74. The molecule has 5 rings (SSSR count). The van der Waals surface area contributed by atoms with Gasteiger partial charge in [0.25, 0.3) is 0 Å². The van der Waals surface area contributed by atoms with Crippen LogP contribution in [-0.2, 0) is 19.1 Å². The van der Waals surface area contributed by atoms with Crippen molar-refractivity contribution in [1.82, 2.24) is 5.32 Å². The summed E-state index contributed by atoms with van der Waals surface area (Å²) in [6, 6.07) is 0.272. The predicted molar refractivity (Wildman–Crippen MR) is 184 cm³/mol. The van der Waals surface area contributed by atoms with Crippen LogP contribution in [0.3, 0.4) is 0 Å². The zero-order valence-corrected chi connectivity index (χ0v) is 31.3. The first-order valence-electron chi connectivity index (χ1n) is 18.7. The molecule has 7 heteroatoms. The number of esters is 1. The second-order valence-corrected chi connectivity index (χ2v) is 19.1. The average Bonchev–Trinajstić information content (AvgIpc) is 3.26. The summed E-state index contributed by atoms with van der Waals surface area (Å²) in [5.41, 5.74) is 0.677. The first-order valence-corrected chi connectivity index (χ1v) is 18.7. The second kappa shape index (κ2) is 12.0. The Morgan fingerprint density at radius 2 is 1.57 bits per heavy atom. The Labute approximate surface area is 284 Å². The molecule has 5 aliphatic rings. The number of carboxylic acid groups (broad SMARTS) is 1. The van der Waals surface area contributed by atoms with E-state index < -0.39 is 28.9 Å². The SMILES string of the molecule is CC(C)NC[C@@H](O)[C@@]12CC[C@]3(C)[C@H](CC[C@@H]4[C@@]5(C)CC[C@H](OC(=O)CC(C)(C)C(=O)O)C(C)(C)[C@@H]5CC[C@]43C)C1=C(C(C)C)C(=O)C2. The first-order chi connectivity index (χ1) is 21.6. The molecule has 0 aromatic heterocycles. The van der Waals surface area contributed by atoms with Crippen molar-refractivity contribution in [2.45, 2.75) is 159 Å². The van der Waals surface area contributed by atoms with Crippen LogP contribution >= 0.6 is 0 Å². The Bertz CT molecular complexity index is 1310. The number of hydrogen-bond donors (Lipinski definition) is 3. The summed E-state index contributed by atoms with van der Waals surface area (Å²) in [5, 5.41) is 24.9. The largest absolute Gasteiger partial charge is 0.481 e. The molecule has 0 aliphatic heterocycles. The summed E-state index contributed by atoms with van der Waals surface area (Å²) in [5.74, 6) is 0.190. The maximum Gasteiger partial charge on any atom is 0.309 e. The van der Waals surface area contributed by atoms with Gasteiger partial charge in [-0.05, 0) is 111 Å². The maximum absolute atomic E-state index is 13.8. The van der Waals surface area contributed by atoms with Crippen molar-refractivity contribution in [3.8, 4) is 0 Å². The molecule has 0 unspecified atom stereocenters. The third-order valence-corrected chi connectivity index (χ3v) is 15.2. The van der Waals surface area contributed by atoms with Gasteiger partial charge in [-0.1, -0.05) is 67.9 Å². The Morgan fingerprint density at radius 1 is 0.915 bits per heavy atom. The zero-order valence-electron chi connectivity index (χ0n) is 31.3. The summed E-state index contributed by atoms with van der Waals surface area (Å²) in [6.45, 7) is 24.4. The van der Waals surface area contributed by atoms with Gasteiger partial charge in [-0.2, -0.15) is 0 Å². The number of carboxylic acids is 1. The number of carbonyl (C=O) groups is 3. The van der Waals surface area contributed by atoms with Gasteiger partial charge in [0.05, 0.1) is 17.9 Å². The molecular formula is C40H65NO6. The minimum Gasteiger partial charge on any atom is -0.481 e. The van der Waals surface area contributed by atoms with Gasteiger partial charge in [0.15, 0.2) is 5.78 Å². The van der Waals surface area contributed by atoms with Gasteiger partial charge < -0.3 is 20.3 Å². The van der Waals surface area contributed by atoms with Crippen LogP contribution in [0.1, 0.15) is 140 Å². The van der Waals surface area contributed by atoms with Gasteiger partial charge in [0, 0.05) is 29.8 Å². The number of aliphatic hydroxyl groups is 1. The van der Waals surface area contributed by atoms with E-state index in [1.807, 2.05) is 0 Å². The van der Waals surface area contributed by atoms with Crippen LogP contribution in [0, 0.1) is 56.2 Å². The van der Waals surface area contributed by atoms with Gasteiger partial charge in [-0.3, -0.25) is 14.4 Å². The van der Waals surface area contributed by atoms with Crippen molar-refractivity contribution in [3.05, 3.63) is 11.1 Å². The topological polar surface area (TPSA) is 113 Å². The fraction of sp³-hybridized carbons (Fsp3) is 0.875. The van der Waals surface area contributed by atoms with E-state index in [-0.39, 0.29) is 57.8 Å². The molecule has 0 heterocycles. The highest BCUT2D eigenvalue weighted by Crippen LogP contribution is 2.77. The van der Waals surface area contributed by atoms with E-state index in [0.29, 0.717) is 24.8 Å². The molecule has 3 N–H and O–H groups in total. The first kappa shape index (κ1) is 36.5. The number of fused-ring (bicyclic) bond motifs is 7. The van der Waals surface area contributed by atoms with Gasteiger partial charge in [-0.15, -0.1) is 0 Å². The lowest BCUT2D eigenvalue weighted by atomic mass is 9.33. The van der Waals surface area contributed by atoms with Crippen LogP contribution in [0.25, 0.3) is 0 Å². The number of nitrogens with one attached hydrogen (secondary N) is 1. The van der Waals surface area contributed by atoms with Crippen LogP contribution in [0.2, 0.25) is 0 Å². The quantitative estimate of drug-likeness (QED) is 0.218. The molecule has 0 spiro atoms. The van der Waals surface area contributed by atoms with Crippen LogP contribution in [0.15, 0.2) is 11.1 Å². The normalized spacial score (nSPS) is 40.4. The minimum atomic E-state index is -1.15. The van der Waals surface area contributed by atoms with E-state index in [1.54, 1.807) is 13.8 Å². The molecule has 7 nitrogen and oxygen atoms in total. The van der Waals surface area contributed by atoms with Crippen molar-refractivity contribution < 1.29 is 29.3 Å². The highest BCUT2D eigenvalue weighted by Gasteiger charge is 2.70. The summed E-state index contributed by atoms with van der Waals surface area (Å²) in [4.78, 5) is 38.6. The number of hydrogen-bond acceptors (Lipinski definition) is 6. The van der Waals surface area contributed by atoms with E-state index >= 15 is 0 Å². The molecule has 0 radical (unpaired) electrons. The Hall–Kier alpha value is -1.73. The van der Waals surface area contributed by atoms with Gasteiger partial charge in [0.1, 0.15) is 6.10 Å². The Kier molecular flexibility index (Phi) is 9.30. The molecule has 47 heavy (non-hydrogen) atoms. The molecule has 0 bridgehead atoms. The third kappa shape index (κ3) is 5.47. The second-order valence-electron chi connectivity index (χ2n) is 19.1. The van der Waals surface area contributed by atoms with Crippen LogP contribution in [0.5, 0.6) is 0 Å². The highest BCUT2D eigenvalue weighted by molar-refractivity contribution is 6.00. The van der Waals surface area contributed by atoms with Crippen molar-refractivity contribution in [2.24, 2.45) is 56.2 Å². The van der Waals surface area contributed by atoms with Crippen LogP contribution < -0.4 is 5.32 Å². The van der Waals surface area contributed by atoms with E-state index in [9.17, 15) is 24.6 Å². The minimum absolute atomic E-state index is 0.0224. The van der Waals surface area contributed by atoms with Gasteiger partial charge >= 0.3 is 11.9 Å². The summed E-state index contributed by atoms with van der Waals surface area (Å²) >= 11 is 0. The Balaban J connectivity index is 1.45. The van der Waals surface area contributed by atoms with Crippen molar-refractivity contribution in [3.63, 3.8) is 0 Å². The molecule has 0 aromatic carbocycles. The number of aliphatic carboxylic acids is 1. The summed E-state index contributed by atoms with van der Waals surface area (Å²) < 4.78 is 6.14. The molecule has 4 saturated carbocycles. The van der Waals surface area contributed by atoms with E-state index in [4.69, 9.17) is 4.74 Å². The third-order valence-electron chi connectivity index (χ3n) is 15.2. The van der Waals surface area contributed by atoms with Gasteiger partial charge in [0.2, 0.25) is 0 Å². The molecule has 0 saturated heterocycles. The van der Waals surface area contributed by atoms with Crippen molar-refractivity contribution in [2.75, 3.05) is 6.54 Å². The van der Waals surface area contributed by atoms with E-state index in [0.717, 1.165) is 56.9 Å². The van der Waals surface area contributed by atoms with E-state index in [2.05, 4.69) is 67.6 Å². The Morgan fingerprint density at radius 3 is 2.17 bits per heavy atom. The molecule has 0 aromatic rings. The molecule has 0 amide bonds. The van der Waals surface area contributed by atoms with Crippen molar-refractivity contribution in [1.29, 1.82) is 0 Å². The smallest absolute Gasteiger partial charge is 0.309 e. The van der Waals surface area contributed by atoms with E-state index in [1.165, 1.54) is 5.57 Å². The number of carbonyl (C=O) groups excluding carboxylic acids is 2. The fourth-order valence-electron chi connectivity index (χ4n) is 12.5. The number of ether oxygens (including phenoxy) is 1. The number of ketones is 1. The number of Topliss-reactive ketones (excluding diaryl/α,β-unsaturated/α-hetero) is 1. The van der Waals surface area contributed by atoms with Crippen LogP contribution in [-0.4, -0.2) is 52.7 Å².